The lowest BCUT2D eigenvalue weighted by Crippen LogP contribution is -1.89. The smallest absolute Gasteiger partial charge is 0.128 e. The van der Waals surface area contributed by atoms with Crippen molar-refractivity contribution in [2.75, 3.05) is 0 Å². The summed E-state index contributed by atoms with van der Waals surface area (Å²) in [6.45, 7) is 0. The SMILES string of the molecule is Fc1cccc(Cl)c1CSCc1ccc(Cl)cc1. The first-order chi connectivity index (χ1) is 8.66. The van der Waals surface area contributed by atoms with Gasteiger partial charge in [-0.3, -0.25) is 0 Å². The molecule has 0 bridgehead atoms. The lowest BCUT2D eigenvalue weighted by Gasteiger charge is -2.06. The Labute approximate surface area is 120 Å². The summed E-state index contributed by atoms with van der Waals surface area (Å²) < 4.78 is 13.5. The molecule has 0 aliphatic rings. The standard InChI is InChI=1S/C14H11Cl2FS/c15-11-6-4-10(5-7-11)8-18-9-12-13(16)2-1-3-14(12)17/h1-7H,8-9H2. The van der Waals surface area contributed by atoms with E-state index in [1.807, 2.05) is 24.3 Å². The summed E-state index contributed by atoms with van der Waals surface area (Å²) in [5.74, 6) is 1.13. The fourth-order valence-electron chi connectivity index (χ4n) is 1.52. The molecule has 0 atom stereocenters. The Kier molecular flexibility index (Phi) is 4.93. The van der Waals surface area contributed by atoms with Gasteiger partial charge in [-0.25, -0.2) is 4.39 Å². The molecule has 0 spiro atoms. The zero-order chi connectivity index (χ0) is 13.0. The molecule has 0 N–H and O–H groups in total. The van der Waals surface area contributed by atoms with Gasteiger partial charge in [0.1, 0.15) is 5.82 Å². The zero-order valence-corrected chi connectivity index (χ0v) is 11.8. The van der Waals surface area contributed by atoms with E-state index in [9.17, 15) is 4.39 Å². The first-order valence-corrected chi connectivity index (χ1v) is 7.33. The molecular weight excluding hydrogens is 290 g/mol. The summed E-state index contributed by atoms with van der Waals surface area (Å²) in [5, 5.41) is 1.21. The third-order valence-corrected chi connectivity index (χ3v) is 4.13. The largest absolute Gasteiger partial charge is 0.207 e. The minimum absolute atomic E-state index is 0.244. The van der Waals surface area contributed by atoms with E-state index in [0.29, 0.717) is 16.3 Å². The molecule has 0 fully saturated rings. The maximum Gasteiger partial charge on any atom is 0.128 e. The molecule has 0 amide bonds. The molecule has 2 aromatic carbocycles. The molecule has 0 aliphatic carbocycles. The molecule has 0 saturated carbocycles. The van der Waals surface area contributed by atoms with Gasteiger partial charge in [-0.15, -0.1) is 0 Å². The van der Waals surface area contributed by atoms with E-state index >= 15 is 0 Å². The van der Waals surface area contributed by atoms with Crippen LogP contribution in [0.25, 0.3) is 0 Å². The van der Waals surface area contributed by atoms with Gasteiger partial charge in [0.15, 0.2) is 0 Å². The highest BCUT2D eigenvalue weighted by Gasteiger charge is 2.06. The van der Waals surface area contributed by atoms with Crippen molar-refractivity contribution >= 4 is 35.0 Å². The van der Waals surface area contributed by atoms with Crippen molar-refractivity contribution in [2.45, 2.75) is 11.5 Å². The van der Waals surface area contributed by atoms with Gasteiger partial charge in [-0.05, 0) is 29.8 Å². The summed E-state index contributed by atoms with van der Waals surface area (Å²) in [4.78, 5) is 0. The molecule has 0 heterocycles. The Hall–Kier alpha value is -0.700. The quantitative estimate of drug-likeness (QED) is 0.712. The Morgan fingerprint density at radius 2 is 1.67 bits per heavy atom. The molecule has 0 aliphatic heterocycles. The Morgan fingerprint density at radius 3 is 2.33 bits per heavy atom. The van der Waals surface area contributed by atoms with Crippen LogP contribution in [0, 0.1) is 5.82 Å². The van der Waals surface area contributed by atoms with Crippen LogP contribution >= 0.6 is 35.0 Å². The van der Waals surface area contributed by atoms with Gasteiger partial charge >= 0.3 is 0 Å². The van der Waals surface area contributed by atoms with Crippen LogP contribution in [0.5, 0.6) is 0 Å². The molecule has 0 unspecified atom stereocenters. The Balaban J connectivity index is 1.94. The van der Waals surface area contributed by atoms with Gasteiger partial charge in [-0.2, -0.15) is 11.8 Å². The van der Waals surface area contributed by atoms with Crippen molar-refractivity contribution in [3.8, 4) is 0 Å². The van der Waals surface area contributed by atoms with Crippen LogP contribution < -0.4 is 0 Å². The lowest BCUT2D eigenvalue weighted by molar-refractivity contribution is 0.617. The molecule has 94 valence electrons. The summed E-state index contributed by atoms with van der Waals surface area (Å²) in [7, 11) is 0. The highest BCUT2D eigenvalue weighted by atomic mass is 35.5. The van der Waals surface area contributed by atoms with Crippen molar-refractivity contribution in [1.82, 2.24) is 0 Å². The van der Waals surface area contributed by atoms with E-state index in [1.165, 1.54) is 6.07 Å². The number of halogens is 3. The average Bonchev–Trinajstić information content (AvgIpc) is 2.35. The van der Waals surface area contributed by atoms with Crippen LogP contribution in [0.15, 0.2) is 42.5 Å². The molecule has 0 saturated heterocycles. The summed E-state index contributed by atoms with van der Waals surface area (Å²) in [5.41, 5.74) is 1.73. The van der Waals surface area contributed by atoms with Crippen LogP contribution in [-0.2, 0) is 11.5 Å². The number of hydrogen-bond acceptors (Lipinski definition) is 1. The Morgan fingerprint density at radius 1 is 0.944 bits per heavy atom. The lowest BCUT2D eigenvalue weighted by atomic mass is 10.2. The van der Waals surface area contributed by atoms with Crippen LogP contribution in [0.4, 0.5) is 4.39 Å². The highest BCUT2D eigenvalue weighted by molar-refractivity contribution is 7.97. The topological polar surface area (TPSA) is 0 Å². The number of rotatable bonds is 4. The van der Waals surface area contributed by atoms with E-state index in [0.717, 1.165) is 16.3 Å². The summed E-state index contributed by atoms with van der Waals surface area (Å²) in [6.07, 6.45) is 0. The summed E-state index contributed by atoms with van der Waals surface area (Å²) >= 11 is 13.4. The van der Waals surface area contributed by atoms with Crippen LogP contribution in [0.1, 0.15) is 11.1 Å². The van der Waals surface area contributed by atoms with E-state index < -0.39 is 0 Å². The molecule has 2 aromatic rings. The molecule has 18 heavy (non-hydrogen) atoms. The minimum atomic E-state index is -0.244. The van der Waals surface area contributed by atoms with Crippen molar-refractivity contribution in [3.63, 3.8) is 0 Å². The predicted molar refractivity (Wildman–Crippen MR) is 77.9 cm³/mol. The van der Waals surface area contributed by atoms with Gasteiger partial charge in [0.05, 0.1) is 0 Å². The maximum absolute atomic E-state index is 13.5. The third-order valence-electron chi connectivity index (χ3n) is 2.49. The second-order valence-corrected chi connectivity index (χ2v) is 5.65. The fraction of sp³-hybridized carbons (Fsp3) is 0.143. The van der Waals surface area contributed by atoms with Crippen molar-refractivity contribution in [2.24, 2.45) is 0 Å². The van der Waals surface area contributed by atoms with Crippen molar-refractivity contribution < 1.29 is 4.39 Å². The van der Waals surface area contributed by atoms with E-state index in [2.05, 4.69) is 0 Å². The van der Waals surface area contributed by atoms with Gasteiger partial charge in [0, 0.05) is 27.1 Å². The van der Waals surface area contributed by atoms with E-state index in [4.69, 9.17) is 23.2 Å². The molecular formula is C14H11Cl2FS. The predicted octanol–water partition coefficient (Wildman–Crippen LogP) is 5.57. The molecule has 0 aromatic heterocycles. The molecule has 4 heteroatoms. The van der Waals surface area contributed by atoms with E-state index in [1.54, 1.807) is 23.9 Å². The third kappa shape index (κ3) is 3.64. The van der Waals surface area contributed by atoms with Crippen LogP contribution in [-0.4, -0.2) is 0 Å². The van der Waals surface area contributed by atoms with Crippen molar-refractivity contribution in [1.29, 1.82) is 0 Å². The van der Waals surface area contributed by atoms with E-state index in [-0.39, 0.29) is 5.82 Å². The number of thioether (sulfide) groups is 1. The molecule has 0 radical (unpaired) electrons. The van der Waals surface area contributed by atoms with Crippen LogP contribution in [0.3, 0.4) is 0 Å². The second-order valence-electron chi connectivity index (χ2n) is 3.82. The normalized spacial score (nSPS) is 10.6. The average molecular weight is 301 g/mol. The number of hydrogen-bond donors (Lipinski definition) is 0. The second kappa shape index (κ2) is 6.46. The first kappa shape index (κ1) is 13.7. The highest BCUT2D eigenvalue weighted by Crippen LogP contribution is 2.26. The van der Waals surface area contributed by atoms with Gasteiger partial charge in [0.25, 0.3) is 0 Å². The zero-order valence-electron chi connectivity index (χ0n) is 9.50. The van der Waals surface area contributed by atoms with Gasteiger partial charge in [-0.1, -0.05) is 41.4 Å². The van der Waals surface area contributed by atoms with Gasteiger partial charge in [0.2, 0.25) is 0 Å². The fourth-order valence-corrected chi connectivity index (χ4v) is 2.98. The number of benzene rings is 2. The Bertz CT molecular complexity index is 506. The first-order valence-electron chi connectivity index (χ1n) is 5.42. The monoisotopic (exact) mass is 300 g/mol. The molecule has 2 rings (SSSR count). The van der Waals surface area contributed by atoms with Gasteiger partial charge < -0.3 is 0 Å². The molecule has 0 nitrogen and oxygen atoms in total. The van der Waals surface area contributed by atoms with Crippen LogP contribution in [0.2, 0.25) is 10.0 Å². The summed E-state index contributed by atoms with van der Waals surface area (Å²) in [6, 6.07) is 12.4. The van der Waals surface area contributed by atoms with Crippen molar-refractivity contribution in [3.05, 3.63) is 69.5 Å². The maximum atomic E-state index is 13.5. The minimum Gasteiger partial charge on any atom is -0.207 e.